The number of hydrogen-bond donors (Lipinski definition) is 1. The van der Waals surface area contributed by atoms with Crippen LogP contribution in [0, 0.1) is 11.3 Å². The molecule has 0 atom stereocenters. The van der Waals surface area contributed by atoms with Crippen molar-refractivity contribution in [2.45, 2.75) is 13.3 Å². The minimum Gasteiger partial charge on any atom is -0.457 e. The van der Waals surface area contributed by atoms with E-state index in [9.17, 15) is 14.9 Å². The first-order valence-corrected chi connectivity index (χ1v) is 9.00. The Morgan fingerprint density at radius 3 is 2.54 bits per heavy atom. The van der Waals surface area contributed by atoms with Crippen LogP contribution in [-0.2, 0) is 9.59 Å². The number of nitriles is 1. The third-order valence-corrected chi connectivity index (χ3v) is 4.66. The third kappa shape index (κ3) is 3.77. The van der Waals surface area contributed by atoms with Gasteiger partial charge in [-0.1, -0.05) is 11.6 Å². The fraction of sp³-hybridized carbons (Fsp3) is 0.190. The molecule has 1 N–H and O–H groups in total. The lowest BCUT2D eigenvalue weighted by molar-refractivity contribution is -0.140. The van der Waals surface area contributed by atoms with Gasteiger partial charge in [-0.2, -0.15) is 5.26 Å². The monoisotopic (exact) mass is 396 g/mol. The van der Waals surface area contributed by atoms with E-state index in [1.165, 1.54) is 6.08 Å². The average Bonchev–Trinajstić information content (AvgIpc) is 3.15. The molecule has 1 aromatic heterocycles. The molecule has 1 aromatic carbocycles. The molecule has 1 aliphatic heterocycles. The Kier molecular flexibility index (Phi) is 5.78. The first-order chi connectivity index (χ1) is 13.5. The molecule has 1 aliphatic rings. The van der Waals surface area contributed by atoms with Crippen molar-refractivity contribution in [2.75, 3.05) is 13.2 Å². The maximum Gasteiger partial charge on any atom is 0.271 e. The average molecular weight is 397 g/mol. The van der Waals surface area contributed by atoms with E-state index in [2.05, 4.69) is 0 Å². The molecule has 0 aliphatic carbocycles. The summed E-state index contributed by atoms with van der Waals surface area (Å²) in [6, 6.07) is 12.5. The van der Waals surface area contributed by atoms with E-state index in [1.54, 1.807) is 31.2 Å². The molecule has 0 saturated carbocycles. The number of carbonyl (C=O) groups excluding carboxylic acids is 2. The van der Waals surface area contributed by atoms with Gasteiger partial charge in [0.1, 0.15) is 23.2 Å². The van der Waals surface area contributed by atoms with Crippen LogP contribution in [0.5, 0.6) is 0 Å². The number of amides is 2. The van der Waals surface area contributed by atoms with Gasteiger partial charge in [0.15, 0.2) is 0 Å². The summed E-state index contributed by atoms with van der Waals surface area (Å²) in [5, 5.41) is 19.0. The largest absolute Gasteiger partial charge is 0.457 e. The highest BCUT2D eigenvalue weighted by Crippen LogP contribution is 2.29. The Hall–Kier alpha value is -3.14. The zero-order chi connectivity index (χ0) is 20.3. The van der Waals surface area contributed by atoms with Gasteiger partial charge in [-0.3, -0.25) is 14.5 Å². The fourth-order valence-electron chi connectivity index (χ4n) is 2.90. The van der Waals surface area contributed by atoms with E-state index in [0.717, 1.165) is 10.5 Å². The van der Waals surface area contributed by atoms with Crippen LogP contribution in [0.2, 0.25) is 5.02 Å². The number of imide groups is 1. The topological polar surface area (TPSA) is 94.5 Å². The van der Waals surface area contributed by atoms with Crippen LogP contribution in [0.3, 0.4) is 0 Å². The number of carbonyl (C=O) groups is 2. The molecule has 7 heteroatoms. The van der Waals surface area contributed by atoms with E-state index >= 15 is 0 Å². The minimum atomic E-state index is -0.642. The number of aliphatic hydroxyl groups is 1. The predicted molar refractivity (Wildman–Crippen MR) is 104 cm³/mol. The van der Waals surface area contributed by atoms with Gasteiger partial charge in [-0.25, -0.2) is 0 Å². The van der Waals surface area contributed by atoms with Crippen LogP contribution in [0.25, 0.3) is 17.4 Å². The van der Waals surface area contributed by atoms with Crippen molar-refractivity contribution in [1.29, 1.82) is 5.26 Å². The summed E-state index contributed by atoms with van der Waals surface area (Å²) in [4.78, 5) is 26.1. The lowest BCUT2D eigenvalue weighted by atomic mass is 9.94. The van der Waals surface area contributed by atoms with Crippen LogP contribution in [-0.4, -0.2) is 35.0 Å². The number of hydrogen-bond acceptors (Lipinski definition) is 5. The molecule has 0 fully saturated rings. The summed E-state index contributed by atoms with van der Waals surface area (Å²) < 4.78 is 5.80. The van der Waals surface area contributed by atoms with Gasteiger partial charge in [0, 0.05) is 29.3 Å². The Bertz CT molecular complexity index is 1030. The number of benzene rings is 1. The van der Waals surface area contributed by atoms with Crippen LogP contribution in [0.15, 0.2) is 57.5 Å². The molecule has 2 amide bonds. The third-order valence-electron chi connectivity index (χ3n) is 4.41. The van der Waals surface area contributed by atoms with Gasteiger partial charge in [0.25, 0.3) is 11.8 Å². The van der Waals surface area contributed by atoms with Crippen molar-refractivity contribution in [3.05, 3.63) is 63.9 Å². The molecular weight excluding hydrogens is 380 g/mol. The van der Waals surface area contributed by atoms with Crippen molar-refractivity contribution in [2.24, 2.45) is 0 Å². The smallest absolute Gasteiger partial charge is 0.271 e. The van der Waals surface area contributed by atoms with E-state index in [1.807, 2.05) is 18.2 Å². The van der Waals surface area contributed by atoms with Crippen molar-refractivity contribution in [3.63, 3.8) is 0 Å². The highest BCUT2D eigenvalue weighted by molar-refractivity contribution is 6.30. The standard InChI is InChI=1S/C21H17ClN2O4/c1-13-17(20(26)24(9-2-10-25)21(27)18(13)12-23)11-16-7-8-19(28-16)14-3-5-15(22)6-4-14/h3-8,11,25H,2,9-10H2,1H3/b17-11+. The highest BCUT2D eigenvalue weighted by Gasteiger charge is 2.35. The normalized spacial score (nSPS) is 16.1. The van der Waals surface area contributed by atoms with E-state index in [0.29, 0.717) is 22.1 Å². The quantitative estimate of drug-likeness (QED) is 0.615. The summed E-state index contributed by atoms with van der Waals surface area (Å²) in [5.74, 6) is -0.139. The van der Waals surface area contributed by atoms with Crippen molar-refractivity contribution in [3.8, 4) is 17.4 Å². The number of halogens is 1. The molecule has 3 rings (SSSR count). The second-order valence-electron chi connectivity index (χ2n) is 6.22. The van der Waals surface area contributed by atoms with Crippen molar-refractivity contribution < 1.29 is 19.1 Å². The van der Waals surface area contributed by atoms with Crippen LogP contribution in [0.4, 0.5) is 0 Å². The fourth-order valence-corrected chi connectivity index (χ4v) is 3.03. The second-order valence-corrected chi connectivity index (χ2v) is 6.65. The summed E-state index contributed by atoms with van der Waals surface area (Å²) in [6.07, 6.45) is 1.76. The second kappa shape index (κ2) is 8.26. The summed E-state index contributed by atoms with van der Waals surface area (Å²) in [5.41, 5.74) is 1.26. The van der Waals surface area contributed by atoms with E-state index < -0.39 is 11.8 Å². The minimum absolute atomic E-state index is 0.0398. The molecule has 2 aromatic rings. The van der Waals surface area contributed by atoms with Crippen molar-refractivity contribution in [1.82, 2.24) is 4.90 Å². The number of nitrogens with zero attached hydrogens (tertiary/aromatic N) is 2. The predicted octanol–water partition coefficient (Wildman–Crippen LogP) is 3.57. The Morgan fingerprint density at radius 2 is 1.89 bits per heavy atom. The molecule has 0 unspecified atom stereocenters. The molecule has 0 bridgehead atoms. The van der Waals surface area contributed by atoms with Crippen LogP contribution in [0.1, 0.15) is 19.1 Å². The van der Waals surface area contributed by atoms with Crippen LogP contribution >= 0.6 is 11.6 Å². The Morgan fingerprint density at radius 1 is 1.18 bits per heavy atom. The van der Waals surface area contributed by atoms with Gasteiger partial charge in [0.05, 0.1) is 0 Å². The lowest BCUT2D eigenvalue weighted by Gasteiger charge is -2.27. The van der Waals surface area contributed by atoms with Gasteiger partial charge in [-0.05, 0) is 61.4 Å². The Balaban J connectivity index is 1.99. The molecular formula is C21H17ClN2O4. The summed E-state index contributed by atoms with van der Waals surface area (Å²) in [6.45, 7) is 1.44. The van der Waals surface area contributed by atoms with E-state index in [4.69, 9.17) is 21.1 Å². The first-order valence-electron chi connectivity index (χ1n) is 8.62. The number of aliphatic hydroxyl groups excluding tert-OH is 1. The zero-order valence-electron chi connectivity index (χ0n) is 15.1. The zero-order valence-corrected chi connectivity index (χ0v) is 15.9. The molecule has 0 radical (unpaired) electrons. The maximum absolute atomic E-state index is 12.8. The molecule has 6 nitrogen and oxygen atoms in total. The van der Waals surface area contributed by atoms with Gasteiger partial charge < -0.3 is 9.52 Å². The van der Waals surface area contributed by atoms with Gasteiger partial charge >= 0.3 is 0 Å². The molecule has 28 heavy (non-hydrogen) atoms. The van der Waals surface area contributed by atoms with Crippen LogP contribution < -0.4 is 0 Å². The Labute approximate surface area is 166 Å². The molecule has 142 valence electrons. The molecule has 2 heterocycles. The SMILES string of the molecule is CC1=C(C#N)C(=O)N(CCCO)C(=O)/C1=C/c1ccc(-c2ccc(Cl)cc2)o1. The summed E-state index contributed by atoms with van der Waals surface area (Å²) in [7, 11) is 0. The van der Waals surface area contributed by atoms with Gasteiger partial charge in [0.2, 0.25) is 0 Å². The van der Waals surface area contributed by atoms with E-state index in [-0.39, 0.29) is 30.7 Å². The maximum atomic E-state index is 12.8. The van der Waals surface area contributed by atoms with Gasteiger partial charge in [-0.15, -0.1) is 0 Å². The summed E-state index contributed by atoms with van der Waals surface area (Å²) >= 11 is 5.90. The van der Waals surface area contributed by atoms with Crippen molar-refractivity contribution >= 4 is 29.5 Å². The number of rotatable bonds is 5. The lowest BCUT2D eigenvalue weighted by Crippen LogP contribution is -2.43. The number of furan rings is 1. The molecule has 0 saturated heterocycles. The highest BCUT2D eigenvalue weighted by atomic mass is 35.5. The first kappa shape index (κ1) is 19.6. The molecule has 0 spiro atoms.